The first-order valence-corrected chi connectivity index (χ1v) is 5.79. The van der Waals surface area contributed by atoms with E-state index in [1.54, 1.807) is 0 Å². The molecule has 0 nitrogen and oxygen atoms in total. The SMILES string of the molecule is C=C(CCl)Cc1ccc(C(C)(C)C)cc1. The maximum Gasteiger partial charge on any atom is 0.0434 e. The Bertz CT molecular complexity index is 327. The van der Waals surface area contributed by atoms with E-state index in [-0.39, 0.29) is 5.41 Å². The molecule has 0 fully saturated rings. The first-order chi connectivity index (χ1) is 6.93. The summed E-state index contributed by atoms with van der Waals surface area (Å²) in [5.74, 6) is 0.543. The zero-order valence-corrected chi connectivity index (χ0v) is 10.6. The molecular formula is C14H19Cl. The largest absolute Gasteiger partial charge is 0.122 e. The van der Waals surface area contributed by atoms with Crippen LogP contribution in [-0.2, 0) is 11.8 Å². The van der Waals surface area contributed by atoms with Crippen molar-refractivity contribution in [2.24, 2.45) is 0 Å². The van der Waals surface area contributed by atoms with Crippen LogP contribution in [0.5, 0.6) is 0 Å². The van der Waals surface area contributed by atoms with Crippen LogP contribution >= 0.6 is 11.6 Å². The molecule has 0 spiro atoms. The maximum atomic E-state index is 5.71. The lowest BCUT2D eigenvalue weighted by Gasteiger charge is -2.19. The predicted molar refractivity (Wildman–Crippen MR) is 68.7 cm³/mol. The van der Waals surface area contributed by atoms with E-state index in [1.807, 2.05) is 0 Å². The van der Waals surface area contributed by atoms with Gasteiger partial charge in [0.2, 0.25) is 0 Å². The van der Waals surface area contributed by atoms with Crippen LogP contribution in [0, 0.1) is 0 Å². The number of allylic oxidation sites excluding steroid dienone is 1. The summed E-state index contributed by atoms with van der Waals surface area (Å²) in [5, 5.41) is 0. The summed E-state index contributed by atoms with van der Waals surface area (Å²) in [6, 6.07) is 8.71. The molecule has 0 unspecified atom stereocenters. The minimum absolute atomic E-state index is 0.224. The summed E-state index contributed by atoms with van der Waals surface area (Å²) in [6.07, 6.45) is 0.883. The third kappa shape index (κ3) is 3.71. The lowest BCUT2D eigenvalue weighted by Crippen LogP contribution is -2.10. The lowest BCUT2D eigenvalue weighted by molar-refractivity contribution is 0.590. The van der Waals surface area contributed by atoms with Gasteiger partial charge in [-0.1, -0.05) is 57.2 Å². The Labute approximate surface area is 98.0 Å². The molecule has 0 heterocycles. The Balaban J connectivity index is 2.77. The fourth-order valence-electron chi connectivity index (χ4n) is 1.46. The topological polar surface area (TPSA) is 0 Å². The number of benzene rings is 1. The Hall–Kier alpha value is -0.750. The summed E-state index contributed by atoms with van der Waals surface area (Å²) in [4.78, 5) is 0. The van der Waals surface area contributed by atoms with Gasteiger partial charge in [0.1, 0.15) is 0 Å². The molecular weight excluding hydrogens is 204 g/mol. The van der Waals surface area contributed by atoms with Crippen LogP contribution in [0.2, 0.25) is 0 Å². The van der Waals surface area contributed by atoms with Crippen molar-refractivity contribution < 1.29 is 0 Å². The van der Waals surface area contributed by atoms with Gasteiger partial charge in [0, 0.05) is 5.88 Å². The second kappa shape index (κ2) is 4.85. The van der Waals surface area contributed by atoms with Crippen molar-refractivity contribution in [1.29, 1.82) is 0 Å². The fourth-order valence-corrected chi connectivity index (χ4v) is 1.55. The summed E-state index contributed by atoms with van der Waals surface area (Å²) in [6.45, 7) is 10.6. The summed E-state index contributed by atoms with van der Waals surface area (Å²) < 4.78 is 0. The lowest BCUT2D eigenvalue weighted by atomic mass is 9.86. The van der Waals surface area contributed by atoms with Crippen LogP contribution in [0.3, 0.4) is 0 Å². The van der Waals surface area contributed by atoms with Gasteiger partial charge in [0.05, 0.1) is 0 Å². The summed E-state index contributed by atoms with van der Waals surface area (Å²) in [5.41, 5.74) is 3.94. The molecule has 0 aliphatic carbocycles. The van der Waals surface area contributed by atoms with Crippen molar-refractivity contribution in [1.82, 2.24) is 0 Å². The van der Waals surface area contributed by atoms with Gasteiger partial charge in [-0.15, -0.1) is 11.6 Å². The number of alkyl halides is 1. The number of rotatable bonds is 3. The second-order valence-corrected chi connectivity index (χ2v) is 5.27. The Kier molecular flexibility index (Phi) is 3.98. The van der Waals surface area contributed by atoms with E-state index in [9.17, 15) is 0 Å². The predicted octanol–water partition coefficient (Wildman–Crippen LogP) is 4.32. The van der Waals surface area contributed by atoms with Crippen LogP contribution in [0.4, 0.5) is 0 Å². The van der Waals surface area contributed by atoms with E-state index in [1.165, 1.54) is 11.1 Å². The van der Waals surface area contributed by atoms with Crippen molar-refractivity contribution in [3.8, 4) is 0 Å². The fraction of sp³-hybridized carbons (Fsp3) is 0.429. The molecule has 1 aromatic rings. The molecule has 0 aliphatic heterocycles. The highest BCUT2D eigenvalue weighted by Gasteiger charge is 2.12. The van der Waals surface area contributed by atoms with Crippen LogP contribution < -0.4 is 0 Å². The van der Waals surface area contributed by atoms with Crippen LogP contribution in [0.15, 0.2) is 36.4 Å². The van der Waals surface area contributed by atoms with E-state index >= 15 is 0 Å². The van der Waals surface area contributed by atoms with E-state index in [0.29, 0.717) is 5.88 Å². The Morgan fingerprint density at radius 1 is 1.20 bits per heavy atom. The molecule has 15 heavy (non-hydrogen) atoms. The molecule has 0 aromatic heterocycles. The monoisotopic (exact) mass is 222 g/mol. The van der Waals surface area contributed by atoms with Crippen molar-refractivity contribution in [2.75, 3.05) is 5.88 Å². The highest BCUT2D eigenvalue weighted by molar-refractivity contribution is 6.19. The first kappa shape index (κ1) is 12.3. The second-order valence-electron chi connectivity index (χ2n) is 5.01. The van der Waals surface area contributed by atoms with Crippen LogP contribution in [-0.4, -0.2) is 5.88 Å². The zero-order valence-electron chi connectivity index (χ0n) is 9.81. The third-order valence-electron chi connectivity index (χ3n) is 2.46. The summed E-state index contributed by atoms with van der Waals surface area (Å²) >= 11 is 5.71. The van der Waals surface area contributed by atoms with Gasteiger partial charge < -0.3 is 0 Å². The molecule has 0 radical (unpaired) electrons. The molecule has 0 N–H and O–H groups in total. The van der Waals surface area contributed by atoms with Gasteiger partial charge in [-0.05, 0) is 23.0 Å². The molecule has 82 valence electrons. The quantitative estimate of drug-likeness (QED) is 0.528. The average Bonchev–Trinajstić information content (AvgIpc) is 2.17. The van der Waals surface area contributed by atoms with Crippen molar-refractivity contribution in [2.45, 2.75) is 32.6 Å². The smallest absolute Gasteiger partial charge is 0.0434 e. The molecule has 0 bridgehead atoms. The van der Waals surface area contributed by atoms with Gasteiger partial charge >= 0.3 is 0 Å². The van der Waals surface area contributed by atoms with E-state index < -0.39 is 0 Å². The molecule has 0 aliphatic rings. The number of hydrogen-bond acceptors (Lipinski definition) is 0. The van der Waals surface area contributed by atoms with Gasteiger partial charge in [-0.25, -0.2) is 0 Å². The highest BCUT2D eigenvalue weighted by atomic mass is 35.5. The van der Waals surface area contributed by atoms with Gasteiger partial charge in [-0.2, -0.15) is 0 Å². The first-order valence-electron chi connectivity index (χ1n) is 5.25. The molecule has 1 heteroatoms. The standard InChI is InChI=1S/C14H19Cl/c1-11(10-15)9-12-5-7-13(8-6-12)14(2,3)4/h5-8H,1,9-10H2,2-4H3. The normalized spacial score (nSPS) is 11.5. The van der Waals surface area contributed by atoms with E-state index in [4.69, 9.17) is 11.6 Å². The number of halogens is 1. The van der Waals surface area contributed by atoms with Crippen LogP contribution in [0.25, 0.3) is 0 Å². The zero-order chi connectivity index (χ0) is 11.5. The molecule has 0 amide bonds. The number of hydrogen-bond donors (Lipinski definition) is 0. The van der Waals surface area contributed by atoms with Crippen molar-refractivity contribution in [3.63, 3.8) is 0 Å². The van der Waals surface area contributed by atoms with Crippen molar-refractivity contribution >= 4 is 11.6 Å². The minimum Gasteiger partial charge on any atom is -0.122 e. The highest BCUT2D eigenvalue weighted by Crippen LogP contribution is 2.22. The van der Waals surface area contributed by atoms with E-state index in [2.05, 4.69) is 51.6 Å². The minimum atomic E-state index is 0.224. The van der Waals surface area contributed by atoms with Gasteiger partial charge in [0.25, 0.3) is 0 Å². The van der Waals surface area contributed by atoms with Gasteiger partial charge in [0.15, 0.2) is 0 Å². The molecule has 0 saturated carbocycles. The average molecular weight is 223 g/mol. The molecule has 1 aromatic carbocycles. The van der Waals surface area contributed by atoms with Gasteiger partial charge in [-0.3, -0.25) is 0 Å². The molecule has 0 saturated heterocycles. The van der Waals surface area contributed by atoms with E-state index in [0.717, 1.165) is 12.0 Å². The third-order valence-corrected chi connectivity index (χ3v) is 2.84. The molecule has 1 rings (SSSR count). The summed E-state index contributed by atoms with van der Waals surface area (Å²) in [7, 11) is 0. The van der Waals surface area contributed by atoms with Crippen LogP contribution in [0.1, 0.15) is 31.9 Å². The maximum absolute atomic E-state index is 5.71. The Morgan fingerprint density at radius 3 is 2.13 bits per heavy atom. The van der Waals surface area contributed by atoms with Crippen molar-refractivity contribution in [3.05, 3.63) is 47.5 Å². The Morgan fingerprint density at radius 2 is 1.73 bits per heavy atom. The molecule has 0 atom stereocenters.